The Hall–Kier alpha value is -1.95. The van der Waals surface area contributed by atoms with Crippen LogP contribution in [0.5, 0.6) is 0 Å². The summed E-state index contributed by atoms with van der Waals surface area (Å²) in [4.78, 5) is 19.8. The van der Waals surface area contributed by atoms with E-state index >= 15 is 0 Å². The molecule has 86 valence electrons. The van der Waals surface area contributed by atoms with Crippen molar-refractivity contribution < 1.29 is 4.79 Å². The molecule has 0 unspecified atom stereocenters. The van der Waals surface area contributed by atoms with Gasteiger partial charge in [0.05, 0.1) is 18.0 Å². The van der Waals surface area contributed by atoms with E-state index in [2.05, 4.69) is 31.2 Å². The second-order valence-corrected chi connectivity index (χ2v) is 4.08. The predicted octanol–water partition coefficient (Wildman–Crippen LogP) is 2.07. The molecule has 3 N–H and O–H groups in total. The van der Waals surface area contributed by atoms with Crippen LogP contribution < -0.4 is 11.1 Å². The van der Waals surface area contributed by atoms with E-state index < -0.39 is 0 Å². The van der Waals surface area contributed by atoms with Gasteiger partial charge in [0.15, 0.2) is 5.82 Å². The van der Waals surface area contributed by atoms with Gasteiger partial charge >= 0.3 is 0 Å². The number of nitrogen functional groups attached to an aromatic ring is 1. The Bertz CT molecular complexity index is 541. The highest BCUT2D eigenvalue weighted by Gasteiger charge is 2.09. The lowest BCUT2D eigenvalue weighted by molar-refractivity contribution is 0.102. The number of hydrogen-bond donors (Lipinski definition) is 2. The van der Waals surface area contributed by atoms with Crippen molar-refractivity contribution in [1.82, 2.24) is 9.97 Å². The average molecular weight is 293 g/mol. The van der Waals surface area contributed by atoms with Gasteiger partial charge in [0.25, 0.3) is 5.91 Å². The topological polar surface area (TPSA) is 80.9 Å². The first-order valence-corrected chi connectivity index (χ1v) is 5.59. The number of carbonyl (C=O) groups is 1. The highest BCUT2D eigenvalue weighted by atomic mass is 79.9. The van der Waals surface area contributed by atoms with E-state index in [1.54, 1.807) is 24.3 Å². The molecule has 6 heteroatoms. The van der Waals surface area contributed by atoms with Gasteiger partial charge in [-0.15, -0.1) is 0 Å². The summed E-state index contributed by atoms with van der Waals surface area (Å²) < 4.78 is 0.606. The van der Waals surface area contributed by atoms with E-state index in [4.69, 9.17) is 5.73 Å². The number of hydrogen-bond acceptors (Lipinski definition) is 4. The van der Waals surface area contributed by atoms with Gasteiger partial charge in [0, 0.05) is 5.69 Å². The summed E-state index contributed by atoms with van der Waals surface area (Å²) in [5.41, 5.74) is 6.53. The zero-order chi connectivity index (χ0) is 12.3. The second-order valence-electron chi connectivity index (χ2n) is 3.27. The zero-order valence-corrected chi connectivity index (χ0v) is 10.3. The SMILES string of the molecule is Nc1ccccc1C(=O)Nc1cnc(Br)cn1. The molecule has 2 aromatic rings. The fourth-order valence-electron chi connectivity index (χ4n) is 1.26. The molecule has 5 nitrogen and oxygen atoms in total. The quantitative estimate of drug-likeness (QED) is 0.831. The third-order valence-corrected chi connectivity index (χ3v) is 2.48. The van der Waals surface area contributed by atoms with Crippen molar-refractivity contribution in [3.05, 3.63) is 46.8 Å². The maximum atomic E-state index is 11.8. The first-order valence-electron chi connectivity index (χ1n) is 4.80. The first-order chi connectivity index (χ1) is 8.16. The van der Waals surface area contributed by atoms with Crippen LogP contribution in [0, 0.1) is 0 Å². The van der Waals surface area contributed by atoms with Crippen LogP contribution in [0.1, 0.15) is 10.4 Å². The summed E-state index contributed by atoms with van der Waals surface area (Å²) in [5.74, 6) is 0.0705. The highest BCUT2D eigenvalue weighted by molar-refractivity contribution is 9.10. The minimum absolute atomic E-state index is 0.306. The van der Waals surface area contributed by atoms with Gasteiger partial charge in [-0.25, -0.2) is 9.97 Å². The van der Waals surface area contributed by atoms with Gasteiger partial charge in [0.2, 0.25) is 0 Å². The minimum atomic E-state index is -0.306. The van der Waals surface area contributed by atoms with E-state index in [0.717, 1.165) is 0 Å². The van der Waals surface area contributed by atoms with E-state index in [0.29, 0.717) is 21.7 Å². The molecule has 1 aromatic carbocycles. The fraction of sp³-hybridized carbons (Fsp3) is 0. The fourth-order valence-corrected chi connectivity index (χ4v) is 1.47. The van der Waals surface area contributed by atoms with Crippen molar-refractivity contribution in [3.63, 3.8) is 0 Å². The molecule has 1 heterocycles. The Morgan fingerprint density at radius 3 is 2.65 bits per heavy atom. The molecule has 0 spiro atoms. The van der Waals surface area contributed by atoms with Crippen molar-refractivity contribution in [2.45, 2.75) is 0 Å². The molecule has 17 heavy (non-hydrogen) atoms. The number of carbonyl (C=O) groups excluding carboxylic acids is 1. The maximum Gasteiger partial charge on any atom is 0.258 e. The number of nitrogens with zero attached hydrogens (tertiary/aromatic N) is 2. The number of amides is 1. The third kappa shape index (κ3) is 2.79. The largest absolute Gasteiger partial charge is 0.398 e. The molecule has 0 fully saturated rings. The second kappa shape index (κ2) is 4.92. The number of nitrogens with one attached hydrogen (secondary N) is 1. The van der Waals surface area contributed by atoms with Crippen molar-refractivity contribution >= 4 is 33.3 Å². The number of para-hydroxylation sites is 1. The molecule has 1 aromatic heterocycles. The third-order valence-electron chi connectivity index (χ3n) is 2.07. The van der Waals surface area contributed by atoms with E-state index in [1.165, 1.54) is 12.4 Å². The lowest BCUT2D eigenvalue weighted by Crippen LogP contribution is -2.14. The summed E-state index contributed by atoms with van der Waals surface area (Å²) in [7, 11) is 0. The summed E-state index contributed by atoms with van der Waals surface area (Å²) in [6.07, 6.45) is 2.96. The van der Waals surface area contributed by atoms with Crippen LogP contribution in [0.3, 0.4) is 0 Å². The minimum Gasteiger partial charge on any atom is -0.398 e. The monoisotopic (exact) mass is 292 g/mol. The number of nitrogens with two attached hydrogens (primary N) is 1. The predicted molar refractivity (Wildman–Crippen MR) is 68.5 cm³/mol. The van der Waals surface area contributed by atoms with Gasteiger partial charge in [-0.05, 0) is 28.1 Å². The van der Waals surface area contributed by atoms with Crippen molar-refractivity contribution in [2.24, 2.45) is 0 Å². The van der Waals surface area contributed by atoms with Crippen molar-refractivity contribution in [1.29, 1.82) is 0 Å². The van der Waals surface area contributed by atoms with Crippen LogP contribution in [-0.4, -0.2) is 15.9 Å². The van der Waals surface area contributed by atoms with Crippen molar-refractivity contribution in [3.8, 4) is 0 Å². The molecular weight excluding hydrogens is 284 g/mol. The Morgan fingerprint density at radius 1 is 1.24 bits per heavy atom. The molecule has 0 atom stereocenters. The summed E-state index contributed by atoms with van der Waals surface area (Å²) >= 11 is 3.16. The van der Waals surface area contributed by atoms with Gasteiger partial charge in [-0.2, -0.15) is 0 Å². The van der Waals surface area contributed by atoms with E-state index in [9.17, 15) is 4.79 Å². The number of benzene rings is 1. The molecule has 0 radical (unpaired) electrons. The first kappa shape index (κ1) is 11.5. The molecule has 0 aliphatic heterocycles. The lowest BCUT2D eigenvalue weighted by atomic mass is 10.2. The molecule has 0 aliphatic rings. The number of anilines is 2. The Kier molecular flexibility index (Phi) is 3.34. The Balaban J connectivity index is 2.17. The number of rotatable bonds is 2. The van der Waals surface area contributed by atoms with Gasteiger partial charge in [-0.3, -0.25) is 4.79 Å². The number of aromatic nitrogens is 2. The van der Waals surface area contributed by atoms with Crippen LogP contribution in [0.2, 0.25) is 0 Å². The summed E-state index contributed by atoms with van der Waals surface area (Å²) in [5, 5.41) is 2.61. The van der Waals surface area contributed by atoms with Gasteiger partial charge < -0.3 is 11.1 Å². The lowest BCUT2D eigenvalue weighted by Gasteiger charge is -2.05. The number of halogens is 1. The van der Waals surface area contributed by atoms with E-state index in [-0.39, 0.29) is 5.91 Å². The molecule has 0 saturated carbocycles. The molecule has 1 amide bonds. The van der Waals surface area contributed by atoms with Crippen LogP contribution >= 0.6 is 15.9 Å². The van der Waals surface area contributed by atoms with Crippen LogP contribution in [0.15, 0.2) is 41.3 Å². The maximum absolute atomic E-state index is 11.8. The average Bonchev–Trinajstić information content (AvgIpc) is 2.32. The van der Waals surface area contributed by atoms with Crippen LogP contribution in [-0.2, 0) is 0 Å². The summed E-state index contributed by atoms with van der Waals surface area (Å²) in [6.45, 7) is 0. The highest BCUT2D eigenvalue weighted by Crippen LogP contribution is 2.13. The Labute approximate surface area is 106 Å². The Morgan fingerprint density at radius 2 is 2.00 bits per heavy atom. The van der Waals surface area contributed by atoms with Crippen LogP contribution in [0.25, 0.3) is 0 Å². The smallest absolute Gasteiger partial charge is 0.258 e. The zero-order valence-electron chi connectivity index (χ0n) is 8.72. The molecule has 0 aliphatic carbocycles. The van der Waals surface area contributed by atoms with Crippen LogP contribution in [0.4, 0.5) is 11.5 Å². The van der Waals surface area contributed by atoms with E-state index in [1.807, 2.05) is 0 Å². The summed E-state index contributed by atoms with van der Waals surface area (Å²) in [6, 6.07) is 6.84. The van der Waals surface area contributed by atoms with Crippen molar-refractivity contribution in [2.75, 3.05) is 11.1 Å². The molecule has 0 saturated heterocycles. The van der Waals surface area contributed by atoms with Gasteiger partial charge in [0.1, 0.15) is 4.60 Å². The molecule has 0 bridgehead atoms. The molecule has 2 rings (SSSR count). The normalized spacial score (nSPS) is 9.94. The van der Waals surface area contributed by atoms with Gasteiger partial charge in [-0.1, -0.05) is 12.1 Å². The molecular formula is C11H9BrN4O. The standard InChI is InChI=1S/C11H9BrN4O/c12-9-5-15-10(6-14-9)16-11(17)7-3-1-2-4-8(7)13/h1-6H,13H2,(H,15,16,17).